The molecule has 4 rings (SSSR count). The van der Waals surface area contributed by atoms with Crippen molar-refractivity contribution < 1.29 is 19.3 Å². The number of aromatic nitrogens is 3. The topological polar surface area (TPSA) is 90.7 Å². The maximum Gasteiger partial charge on any atom is 0.231 e. The van der Waals surface area contributed by atoms with Gasteiger partial charge in [0.2, 0.25) is 6.79 Å². The van der Waals surface area contributed by atoms with Crippen LogP contribution in [0.4, 0.5) is 0 Å². The van der Waals surface area contributed by atoms with Crippen LogP contribution in [0, 0.1) is 0 Å². The standard InChI is InChI=1S/C19H26N4O4/c1-19(2,3)17-9-23(22-21-17)8-16-18(13(24)10-25-16)20-7-12-4-5-14-15(6-12)27-11-26-14/h4-6,9,13,16,18,20,24H,7-8,10-11H2,1-3H3/t13-,16+,18+/m0/s1. The normalized spacial score (nSPS) is 24.5. The number of hydrogen-bond acceptors (Lipinski definition) is 7. The van der Waals surface area contributed by atoms with E-state index in [1.807, 2.05) is 24.4 Å². The smallest absolute Gasteiger partial charge is 0.231 e. The van der Waals surface area contributed by atoms with Gasteiger partial charge in [-0.3, -0.25) is 0 Å². The Hall–Kier alpha value is -2.16. The Morgan fingerprint density at radius 1 is 1.26 bits per heavy atom. The van der Waals surface area contributed by atoms with Crippen LogP contribution < -0.4 is 14.8 Å². The summed E-state index contributed by atoms with van der Waals surface area (Å²) in [4.78, 5) is 0. The molecule has 8 nitrogen and oxygen atoms in total. The Labute approximate surface area is 158 Å². The van der Waals surface area contributed by atoms with Gasteiger partial charge in [0.25, 0.3) is 0 Å². The first kappa shape index (κ1) is 18.2. The van der Waals surface area contributed by atoms with Gasteiger partial charge >= 0.3 is 0 Å². The fraction of sp³-hybridized carbons (Fsp3) is 0.579. The Kier molecular flexibility index (Phi) is 4.79. The van der Waals surface area contributed by atoms with Crippen molar-refractivity contribution in [3.05, 3.63) is 35.7 Å². The van der Waals surface area contributed by atoms with Crippen molar-refractivity contribution in [1.82, 2.24) is 20.3 Å². The van der Waals surface area contributed by atoms with Crippen LogP contribution in [0.5, 0.6) is 11.5 Å². The maximum absolute atomic E-state index is 10.3. The molecule has 1 aromatic carbocycles. The van der Waals surface area contributed by atoms with Gasteiger partial charge in [-0.2, -0.15) is 0 Å². The van der Waals surface area contributed by atoms with Crippen molar-refractivity contribution in [3.8, 4) is 11.5 Å². The summed E-state index contributed by atoms with van der Waals surface area (Å²) in [5, 5.41) is 22.2. The number of fused-ring (bicyclic) bond motifs is 1. The summed E-state index contributed by atoms with van der Waals surface area (Å²) in [7, 11) is 0. The van der Waals surface area contributed by atoms with Gasteiger partial charge in [0.1, 0.15) is 0 Å². The number of ether oxygens (including phenoxy) is 3. The van der Waals surface area contributed by atoms with Gasteiger partial charge < -0.3 is 24.6 Å². The summed E-state index contributed by atoms with van der Waals surface area (Å²) in [6.45, 7) is 8.02. The van der Waals surface area contributed by atoms with E-state index in [9.17, 15) is 5.11 Å². The maximum atomic E-state index is 10.3. The lowest BCUT2D eigenvalue weighted by Crippen LogP contribution is -2.45. The minimum Gasteiger partial charge on any atom is -0.454 e. The summed E-state index contributed by atoms with van der Waals surface area (Å²) in [5.41, 5.74) is 1.95. The van der Waals surface area contributed by atoms with Gasteiger partial charge in [0.05, 0.1) is 37.1 Å². The number of rotatable bonds is 5. The number of nitrogens with zero attached hydrogens (tertiary/aromatic N) is 3. The molecule has 27 heavy (non-hydrogen) atoms. The molecule has 0 bridgehead atoms. The molecule has 1 fully saturated rings. The van der Waals surface area contributed by atoms with E-state index < -0.39 is 6.10 Å². The molecule has 2 aliphatic rings. The summed E-state index contributed by atoms with van der Waals surface area (Å²) in [5.74, 6) is 1.52. The van der Waals surface area contributed by atoms with Crippen LogP contribution in [0.3, 0.4) is 0 Å². The molecule has 0 unspecified atom stereocenters. The molecule has 0 spiro atoms. The van der Waals surface area contributed by atoms with Crippen LogP contribution in [-0.2, 0) is 23.2 Å². The van der Waals surface area contributed by atoms with Crippen LogP contribution >= 0.6 is 0 Å². The lowest BCUT2D eigenvalue weighted by molar-refractivity contribution is 0.0741. The molecular weight excluding hydrogens is 348 g/mol. The predicted octanol–water partition coefficient (Wildman–Crippen LogP) is 1.22. The fourth-order valence-electron chi connectivity index (χ4n) is 3.31. The molecule has 146 valence electrons. The molecule has 0 saturated carbocycles. The molecule has 1 saturated heterocycles. The van der Waals surface area contributed by atoms with Crippen molar-refractivity contribution in [2.24, 2.45) is 0 Å². The van der Waals surface area contributed by atoms with Crippen LogP contribution in [-0.4, -0.2) is 51.7 Å². The summed E-state index contributed by atoms with van der Waals surface area (Å²) < 4.78 is 18.3. The van der Waals surface area contributed by atoms with Crippen molar-refractivity contribution in [2.45, 2.75) is 57.5 Å². The molecule has 2 aliphatic heterocycles. The highest BCUT2D eigenvalue weighted by molar-refractivity contribution is 5.44. The average molecular weight is 374 g/mol. The lowest BCUT2D eigenvalue weighted by Gasteiger charge is -2.22. The minimum atomic E-state index is -0.561. The monoisotopic (exact) mass is 374 g/mol. The van der Waals surface area contributed by atoms with Crippen LogP contribution in [0.2, 0.25) is 0 Å². The quantitative estimate of drug-likeness (QED) is 0.813. The molecule has 8 heteroatoms. The first-order valence-electron chi connectivity index (χ1n) is 9.22. The van der Waals surface area contributed by atoms with Gasteiger partial charge in [-0.25, -0.2) is 4.68 Å². The van der Waals surface area contributed by atoms with Crippen LogP contribution in [0.1, 0.15) is 32.0 Å². The Bertz CT molecular complexity index is 801. The van der Waals surface area contributed by atoms with E-state index in [0.717, 1.165) is 22.8 Å². The Balaban J connectivity index is 1.39. The van der Waals surface area contributed by atoms with E-state index in [0.29, 0.717) is 19.7 Å². The van der Waals surface area contributed by atoms with Crippen molar-refractivity contribution >= 4 is 0 Å². The van der Waals surface area contributed by atoms with E-state index in [-0.39, 0.29) is 24.4 Å². The molecular formula is C19H26N4O4. The molecule has 0 aliphatic carbocycles. The number of hydrogen-bond donors (Lipinski definition) is 2. The summed E-state index contributed by atoms with van der Waals surface area (Å²) >= 11 is 0. The molecule has 2 aromatic rings. The number of benzene rings is 1. The van der Waals surface area contributed by atoms with Gasteiger partial charge in [-0.1, -0.05) is 32.1 Å². The third kappa shape index (κ3) is 3.92. The van der Waals surface area contributed by atoms with Crippen molar-refractivity contribution in [3.63, 3.8) is 0 Å². The van der Waals surface area contributed by atoms with E-state index >= 15 is 0 Å². The van der Waals surface area contributed by atoms with Gasteiger partial charge in [0, 0.05) is 18.2 Å². The molecule has 2 N–H and O–H groups in total. The van der Waals surface area contributed by atoms with Crippen LogP contribution in [0.25, 0.3) is 0 Å². The SMILES string of the molecule is CC(C)(C)c1cn(C[C@H]2OC[C@H](O)[C@H]2NCc2ccc3c(c2)OCO3)nn1. The minimum absolute atomic E-state index is 0.0503. The first-order valence-corrected chi connectivity index (χ1v) is 9.22. The molecule has 3 heterocycles. The molecule has 0 radical (unpaired) electrons. The van der Waals surface area contributed by atoms with Crippen molar-refractivity contribution in [2.75, 3.05) is 13.4 Å². The lowest BCUT2D eigenvalue weighted by atomic mass is 9.93. The highest BCUT2D eigenvalue weighted by Crippen LogP contribution is 2.32. The number of aliphatic hydroxyl groups excluding tert-OH is 1. The first-order chi connectivity index (χ1) is 12.9. The average Bonchev–Trinajstić information content (AvgIpc) is 3.33. The third-order valence-electron chi connectivity index (χ3n) is 4.95. The van der Waals surface area contributed by atoms with E-state index in [4.69, 9.17) is 14.2 Å². The zero-order valence-corrected chi connectivity index (χ0v) is 15.9. The zero-order valence-electron chi connectivity index (χ0n) is 15.9. The third-order valence-corrected chi connectivity index (χ3v) is 4.95. The van der Waals surface area contributed by atoms with Gasteiger partial charge in [-0.05, 0) is 17.7 Å². The van der Waals surface area contributed by atoms with E-state index in [2.05, 4.69) is 36.4 Å². The largest absolute Gasteiger partial charge is 0.454 e. The van der Waals surface area contributed by atoms with Gasteiger partial charge in [-0.15, -0.1) is 5.10 Å². The van der Waals surface area contributed by atoms with E-state index in [1.54, 1.807) is 4.68 Å². The fourth-order valence-corrected chi connectivity index (χ4v) is 3.31. The number of nitrogens with one attached hydrogen (secondary N) is 1. The van der Waals surface area contributed by atoms with Crippen LogP contribution in [0.15, 0.2) is 24.4 Å². The Morgan fingerprint density at radius 3 is 2.85 bits per heavy atom. The second-order valence-electron chi connectivity index (χ2n) is 8.11. The second-order valence-corrected chi connectivity index (χ2v) is 8.11. The summed E-state index contributed by atoms with van der Waals surface area (Å²) in [6.07, 6.45) is 1.21. The van der Waals surface area contributed by atoms with Gasteiger partial charge in [0.15, 0.2) is 11.5 Å². The second kappa shape index (κ2) is 7.10. The molecule has 3 atom stereocenters. The zero-order chi connectivity index (χ0) is 19.0. The van der Waals surface area contributed by atoms with E-state index in [1.165, 1.54) is 0 Å². The number of aliphatic hydroxyl groups is 1. The summed E-state index contributed by atoms with van der Waals surface area (Å²) in [6, 6.07) is 5.67. The highest BCUT2D eigenvalue weighted by Gasteiger charge is 2.36. The Morgan fingerprint density at radius 2 is 2.07 bits per heavy atom. The molecule has 1 aromatic heterocycles. The molecule has 0 amide bonds. The predicted molar refractivity (Wildman–Crippen MR) is 97.7 cm³/mol. The highest BCUT2D eigenvalue weighted by atomic mass is 16.7. The van der Waals surface area contributed by atoms with Crippen molar-refractivity contribution in [1.29, 1.82) is 0 Å².